The van der Waals surface area contributed by atoms with Crippen LogP contribution in [0.25, 0.3) is 0 Å². The molecule has 0 aromatic rings. The van der Waals surface area contributed by atoms with E-state index in [9.17, 15) is 5.11 Å². The standard InChI is InChI=1S/C19H39NO/c1-4-6-8-12-18(13-9-7-5-2)20-16-19(21)14-10-11-17(3)15-19/h17-18,20-21H,4-16H2,1-3H3. The maximum Gasteiger partial charge on any atom is 0.0774 e. The molecule has 1 fully saturated rings. The fourth-order valence-electron chi connectivity index (χ4n) is 3.76. The van der Waals surface area contributed by atoms with Gasteiger partial charge in [0.05, 0.1) is 5.60 Å². The van der Waals surface area contributed by atoms with E-state index in [1.54, 1.807) is 0 Å². The van der Waals surface area contributed by atoms with Gasteiger partial charge in [-0.05, 0) is 31.6 Å². The molecule has 0 amide bonds. The quantitative estimate of drug-likeness (QED) is 0.523. The van der Waals surface area contributed by atoms with Gasteiger partial charge in [-0.25, -0.2) is 0 Å². The van der Waals surface area contributed by atoms with Crippen LogP contribution in [0.5, 0.6) is 0 Å². The minimum absolute atomic E-state index is 0.439. The molecule has 1 aliphatic carbocycles. The molecule has 0 aromatic carbocycles. The predicted octanol–water partition coefficient (Wildman–Crippen LogP) is 5.05. The van der Waals surface area contributed by atoms with E-state index in [4.69, 9.17) is 0 Å². The van der Waals surface area contributed by atoms with Gasteiger partial charge < -0.3 is 10.4 Å². The van der Waals surface area contributed by atoms with E-state index in [0.717, 1.165) is 19.4 Å². The van der Waals surface area contributed by atoms with E-state index >= 15 is 0 Å². The summed E-state index contributed by atoms with van der Waals surface area (Å²) >= 11 is 0. The van der Waals surface area contributed by atoms with Crippen LogP contribution in [0.1, 0.15) is 97.8 Å². The molecule has 1 aliphatic rings. The lowest BCUT2D eigenvalue weighted by Gasteiger charge is -2.37. The molecule has 2 N–H and O–H groups in total. The lowest BCUT2D eigenvalue weighted by atomic mass is 9.79. The van der Waals surface area contributed by atoms with Crippen molar-refractivity contribution in [3.63, 3.8) is 0 Å². The first kappa shape index (κ1) is 19.0. The molecule has 1 saturated carbocycles. The van der Waals surface area contributed by atoms with Crippen molar-refractivity contribution in [2.75, 3.05) is 6.54 Å². The van der Waals surface area contributed by atoms with Crippen LogP contribution in [-0.4, -0.2) is 23.3 Å². The van der Waals surface area contributed by atoms with Crippen LogP contribution < -0.4 is 5.32 Å². The van der Waals surface area contributed by atoms with Gasteiger partial charge in [-0.15, -0.1) is 0 Å². The first-order valence-electron chi connectivity index (χ1n) is 9.55. The fourth-order valence-corrected chi connectivity index (χ4v) is 3.76. The van der Waals surface area contributed by atoms with Gasteiger partial charge >= 0.3 is 0 Å². The van der Waals surface area contributed by atoms with Gasteiger partial charge in [0.15, 0.2) is 0 Å². The lowest BCUT2D eigenvalue weighted by molar-refractivity contribution is -0.0142. The third kappa shape index (κ3) is 8.21. The van der Waals surface area contributed by atoms with Gasteiger partial charge in [0, 0.05) is 12.6 Å². The molecule has 1 rings (SSSR count). The smallest absolute Gasteiger partial charge is 0.0774 e. The Morgan fingerprint density at radius 2 is 1.71 bits per heavy atom. The highest BCUT2D eigenvalue weighted by molar-refractivity contribution is 4.88. The Morgan fingerprint density at radius 3 is 2.24 bits per heavy atom. The van der Waals surface area contributed by atoms with Crippen molar-refractivity contribution in [2.24, 2.45) is 5.92 Å². The Kier molecular flexibility index (Phi) is 9.59. The summed E-state index contributed by atoms with van der Waals surface area (Å²) in [5, 5.41) is 14.5. The third-order valence-electron chi connectivity index (χ3n) is 5.10. The Labute approximate surface area is 133 Å². The summed E-state index contributed by atoms with van der Waals surface area (Å²) in [5.41, 5.74) is -0.439. The number of nitrogens with one attached hydrogen (secondary N) is 1. The molecule has 0 bridgehead atoms. The zero-order valence-electron chi connectivity index (χ0n) is 14.8. The molecule has 2 heteroatoms. The molecular formula is C19H39NO. The second-order valence-electron chi connectivity index (χ2n) is 7.50. The Balaban J connectivity index is 2.35. The van der Waals surface area contributed by atoms with Crippen molar-refractivity contribution in [2.45, 2.75) is 109 Å². The largest absolute Gasteiger partial charge is 0.389 e. The van der Waals surface area contributed by atoms with Crippen molar-refractivity contribution < 1.29 is 5.11 Å². The molecule has 0 aromatic heterocycles. The normalized spacial score (nSPS) is 26.4. The third-order valence-corrected chi connectivity index (χ3v) is 5.10. The number of hydrogen-bond donors (Lipinski definition) is 2. The highest BCUT2D eigenvalue weighted by Gasteiger charge is 2.32. The Morgan fingerprint density at radius 1 is 1.10 bits per heavy atom. The van der Waals surface area contributed by atoms with Crippen molar-refractivity contribution in [3.8, 4) is 0 Å². The SMILES string of the molecule is CCCCCC(CCCCC)NCC1(O)CCCC(C)C1. The molecule has 126 valence electrons. The second kappa shape index (κ2) is 10.6. The molecule has 0 aliphatic heterocycles. The van der Waals surface area contributed by atoms with Crippen molar-refractivity contribution >= 4 is 0 Å². The minimum Gasteiger partial charge on any atom is -0.389 e. The number of hydrogen-bond acceptors (Lipinski definition) is 2. The summed E-state index contributed by atoms with van der Waals surface area (Å²) in [6.07, 6.45) is 14.9. The first-order valence-corrected chi connectivity index (χ1v) is 9.55. The van der Waals surface area contributed by atoms with Crippen LogP contribution >= 0.6 is 0 Å². The number of aliphatic hydroxyl groups is 1. The molecule has 2 atom stereocenters. The fraction of sp³-hybridized carbons (Fsp3) is 1.00. The Bertz CT molecular complexity index is 246. The maximum absolute atomic E-state index is 10.8. The number of unbranched alkanes of at least 4 members (excludes halogenated alkanes) is 4. The summed E-state index contributed by atoms with van der Waals surface area (Å²) in [5.74, 6) is 0.684. The van der Waals surface area contributed by atoms with Crippen LogP contribution in [0, 0.1) is 5.92 Å². The predicted molar refractivity (Wildman–Crippen MR) is 92.7 cm³/mol. The van der Waals surface area contributed by atoms with E-state index in [1.807, 2.05) is 0 Å². The van der Waals surface area contributed by atoms with E-state index in [1.165, 1.54) is 64.2 Å². The van der Waals surface area contributed by atoms with Gasteiger partial charge in [0.25, 0.3) is 0 Å². The van der Waals surface area contributed by atoms with Crippen molar-refractivity contribution in [1.29, 1.82) is 0 Å². The highest BCUT2D eigenvalue weighted by Crippen LogP contribution is 2.31. The Hall–Kier alpha value is -0.0800. The minimum atomic E-state index is -0.439. The number of rotatable bonds is 11. The summed E-state index contributed by atoms with van der Waals surface area (Å²) < 4.78 is 0. The van der Waals surface area contributed by atoms with Crippen molar-refractivity contribution in [1.82, 2.24) is 5.32 Å². The summed E-state index contributed by atoms with van der Waals surface area (Å²) in [4.78, 5) is 0. The van der Waals surface area contributed by atoms with Gasteiger partial charge in [0.2, 0.25) is 0 Å². The van der Waals surface area contributed by atoms with E-state index in [2.05, 4.69) is 26.1 Å². The maximum atomic E-state index is 10.8. The van der Waals surface area contributed by atoms with E-state index in [-0.39, 0.29) is 0 Å². The van der Waals surface area contributed by atoms with Crippen LogP contribution in [0.3, 0.4) is 0 Å². The summed E-state index contributed by atoms with van der Waals surface area (Å²) in [6, 6.07) is 0.615. The molecular weight excluding hydrogens is 258 g/mol. The molecule has 0 saturated heterocycles. The zero-order valence-corrected chi connectivity index (χ0v) is 14.8. The highest BCUT2D eigenvalue weighted by atomic mass is 16.3. The molecule has 2 unspecified atom stereocenters. The molecule has 21 heavy (non-hydrogen) atoms. The van der Waals surface area contributed by atoms with Crippen LogP contribution in [-0.2, 0) is 0 Å². The van der Waals surface area contributed by atoms with E-state index in [0.29, 0.717) is 12.0 Å². The average molecular weight is 298 g/mol. The van der Waals surface area contributed by atoms with Crippen LogP contribution in [0.2, 0.25) is 0 Å². The summed E-state index contributed by atoms with van der Waals surface area (Å²) in [7, 11) is 0. The molecule has 2 nitrogen and oxygen atoms in total. The van der Waals surface area contributed by atoms with Gasteiger partial charge in [-0.1, -0.05) is 72.1 Å². The summed E-state index contributed by atoms with van der Waals surface area (Å²) in [6.45, 7) is 7.63. The van der Waals surface area contributed by atoms with Crippen molar-refractivity contribution in [3.05, 3.63) is 0 Å². The zero-order chi connectivity index (χ0) is 15.6. The average Bonchev–Trinajstić information content (AvgIpc) is 2.44. The lowest BCUT2D eigenvalue weighted by Crippen LogP contribution is -2.47. The molecule has 0 heterocycles. The van der Waals surface area contributed by atoms with Crippen LogP contribution in [0.4, 0.5) is 0 Å². The first-order chi connectivity index (χ1) is 10.1. The topological polar surface area (TPSA) is 32.3 Å². The van der Waals surface area contributed by atoms with Gasteiger partial charge in [-0.2, -0.15) is 0 Å². The van der Waals surface area contributed by atoms with Crippen LogP contribution in [0.15, 0.2) is 0 Å². The van der Waals surface area contributed by atoms with Gasteiger partial charge in [-0.3, -0.25) is 0 Å². The molecule has 0 radical (unpaired) electrons. The van der Waals surface area contributed by atoms with Gasteiger partial charge in [0.1, 0.15) is 0 Å². The monoisotopic (exact) mass is 297 g/mol. The second-order valence-corrected chi connectivity index (χ2v) is 7.50. The molecule has 0 spiro atoms. The van der Waals surface area contributed by atoms with E-state index < -0.39 is 5.60 Å².